The number of H-pyrrole nitrogens is 1. The molecule has 2 heterocycles. The zero-order valence-corrected chi connectivity index (χ0v) is 14.5. The van der Waals surface area contributed by atoms with Crippen LogP contribution in [0.1, 0.15) is 5.56 Å². The van der Waals surface area contributed by atoms with Crippen LogP contribution in [0, 0.1) is 6.92 Å². The van der Waals surface area contributed by atoms with E-state index in [4.69, 9.17) is 4.74 Å². The van der Waals surface area contributed by atoms with E-state index in [1.807, 2.05) is 0 Å². The first kappa shape index (κ1) is 18.6. The fourth-order valence-electron chi connectivity index (χ4n) is 2.26. The Balaban J connectivity index is 0.00000110. The molecular weight excluding hydrogens is 329 g/mol. The molecule has 2 aromatic rings. The van der Waals surface area contributed by atoms with Gasteiger partial charge in [0.05, 0.1) is 24.2 Å². The molecular formula is C14H21Cl2N3OS. The van der Waals surface area contributed by atoms with Gasteiger partial charge in [-0.2, -0.15) is 0 Å². The van der Waals surface area contributed by atoms with Gasteiger partial charge in [-0.15, -0.1) is 24.8 Å². The second-order valence-electron chi connectivity index (χ2n) is 4.87. The summed E-state index contributed by atoms with van der Waals surface area (Å²) >= 11 is 1.80. The third-order valence-electron chi connectivity index (χ3n) is 3.37. The number of aryl methyl sites for hydroxylation is 1. The van der Waals surface area contributed by atoms with Gasteiger partial charge in [-0.1, -0.05) is 17.8 Å². The summed E-state index contributed by atoms with van der Waals surface area (Å²) in [5.74, 6) is 1.07. The van der Waals surface area contributed by atoms with Gasteiger partial charge in [-0.3, -0.25) is 4.90 Å². The molecule has 0 bridgehead atoms. The Morgan fingerprint density at radius 3 is 2.81 bits per heavy atom. The van der Waals surface area contributed by atoms with Crippen LogP contribution < -0.4 is 0 Å². The van der Waals surface area contributed by atoms with Crippen LogP contribution in [0.25, 0.3) is 11.0 Å². The maximum atomic E-state index is 5.35. The monoisotopic (exact) mass is 349 g/mol. The average molecular weight is 350 g/mol. The third kappa shape index (κ3) is 5.04. The molecule has 0 radical (unpaired) electrons. The Morgan fingerprint density at radius 1 is 1.29 bits per heavy atom. The highest BCUT2D eigenvalue weighted by molar-refractivity contribution is 7.99. The number of morpholine rings is 1. The van der Waals surface area contributed by atoms with Crippen molar-refractivity contribution in [2.45, 2.75) is 12.1 Å². The lowest BCUT2D eigenvalue weighted by Gasteiger charge is -2.26. The SMILES string of the molecule is Cc1ccc2nc(SCCN3CCOCC3)[nH]c2c1.Cl.Cl. The van der Waals surface area contributed by atoms with Gasteiger partial charge in [0, 0.05) is 25.4 Å². The van der Waals surface area contributed by atoms with Gasteiger partial charge in [0.1, 0.15) is 0 Å². The number of nitrogens with one attached hydrogen (secondary N) is 1. The molecule has 7 heteroatoms. The van der Waals surface area contributed by atoms with E-state index in [0.717, 1.165) is 54.8 Å². The molecule has 1 N–H and O–H groups in total. The van der Waals surface area contributed by atoms with E-state index in [0.29, 0.717) is 0 Å². The molecule has 0 aliphatic carbocycles. The number of rotatable bonds is 4. The summed E-state index contributed by atoms with van der Waals surface area (Å²) in [6.45, 7) is 7.05. The highest BCUT2D eigenvalue weighted by Crippen LogP contribution is 2.20. The lowest BCUT2D eigenvalue weighted by Crippen LogP contribution is -2.37. The smallest absolute Gasteiger partial charge is 0.166 e. The number of hydrogen-bond acceptors (Lipinski definition) is 4. The number of imidazole rings is 1. The Bertz CT molecular complexity index is 558. The van der Waals surface area contributed by atoms with Gasteiger partial charge < -0.3 is 9.72 Å². The zero-order valence-electron chi connectivity index (χ0n) is 12.0. The normalized spacial score (nSPS) is 15.5. The van der Waals surface area contributed by atoms with Gasteiger partial charge in [-0.25, -0.2) is 4.98 Å². The van der Waals surface area contributed by atoms with Gasteiger partial charge in [0.25, 0.3) is 0 Å². The Morgan fingerprint density at radius 2 is 2.05 bits per heavy atom. The van der Waals surface area contributed by atoms with E-state index in [9.17, 15) is 0 Å². The fraction of sp³-hybridized carbons (Fsp3) is 0.500. The Labute approximate surface area is 141 Å². The Hall–Kier alpha value is -0.460. The maximum absolute atomic E-state index is 5.35. The van der Waals surface area contributed by atoms with E-state index in [2.05, 4.69) is 40.0 Å². The van der Waals surface area contributed by atoms with Crippen molar-refractivity contribution in [3.05, 3.63) is 23.8 Å². The quantitative estimate of drug-likeness (QED) is 0.861. The number of aromatic nitrogens is 2. The van der Waals surface area contributed by atoms with Crippen LogP contribution in [-0.4, -0.2) is 53.5 Å². The van der Waals surface area contributed by atoms with Gasteiger partial charge in [0.2, 0.25) is 0 Å². The third-order valence-corrected chi connectivity index (χ3v) is 4.22. The molecule has 1 aromatic carbocycles. The molecule has 3 rings (SSSR count). The number of halogens is 2. The van der Waals surface area contributed by atoms with Crippen LogP contribution in [-0.2, 0) is 4.74 Å². The number of thioether (sulfide) groups is 1. The van der Waals surface area contributed by atoms with Crippen molar-refractivity contribution in [1.29, 1.82) is 0 Å². The molecule has 0 atom stereocenters. The molecule has 1 aromatic heterocycles. The minimum absolute atomic E-state index is 0. The van der Waals surface area contributed by atoms with Crippen molar-refractivity contribution >= 4 is 47.6 Å². The summed E-state index contributed by atoms with van der Waals surface area (Å²) in [5.41, 5.74) is 3.45. The van der Waals surface area contributed by atoms with Gasteiger partial charge in [-0.05, 0) is 24.6 Å². The van der Waals surface area contributed by atoms with E-state index in [-0.39, 0.29) is 24.8 Å². The van der Waals surface area contributed by atoms with E-state index < -0.39 is 0 Å². The van der Waals surface area contributed by atoms with E-state index in [1.54, 1.807) is 11.8 Å². The molecule has 0 amide bonds. The van der Waals surface area contributed by atoms with Crippen LogP contribution in [0.3, 0.4) is 0 Å². The number of ether oxygens (including phenoxy) is 1. The predicted molar refractivity (Wildman–Crippen MR) is 93.3 cm³/mol. The predicted octanol–water partition coefficient (Wildman–Crippen LogP) is 3.14. The zero-order chi connectivity index (χ0) is 13.1. The topological polar surface area (TPSA) is 41.2 Å². The van der Waals surface area contributed by atoms with Crippen molar-refractivity contribution in [2.75, 3.05) is 38.6 Å². The highest BCUT2D eigenvalue weighted by Gasteiger charge is 2.10. The molecule has 1 fully saturated rings. The molecule has 4 nitrogen and oxygen atoms in total. The summed E-state index contributed by atoms with van der Waals surface area (Å²) in [7, 11) is 0. The lowest BCUT2D eigenvalue weighted by molar-refractivity contribution is 0.0410. The number of nitrogens with zero attached hydrogens (tertiary/aromatic N) is 2. The summed E-state index contributed by atoms with van der Waals surface area (Å²) in [6.07, 6.45) is 0. The summed E-state index contributed by atoms with van der Waals surface area (Å²) in [5, 5.41) is 1.02. The van der Waals surface area contributed by atoms with Crippen LogP contribution in [0.2, 0.25) is 0 Å². The highest BCUT2D eigenvalue weighted by atomic mass is 35.5. The molecule has 1 aliphatic heterocycles. The summed E-state index contributed by atoms with van der Waals surface area (Å²) in [6, 6.07) is 6.33. The molecule has 0 unspecified atom stereocenters. The largest absolute Gasteiger partial charge is 0.379 e. The van der Waals surface area contributed by atoms with Crippen molar-refractivity contribution in [3.8, 4) is 0 Å². The second-order valence-corrected chi connectivity index (χ2v) is 5.95. The first-order valence-electron chi connectivity index (χ1n) is 6.70. The van der Waals surface area contributed by atoms with Crippen LogP contribution >= 0.6 is 36.6 Å². The second kappa shape index (κ2) is 8.86. The number of hydrogen-bond donors (Lipinski definition) is 1. The first-order valence-corrected chi connectivity index (χ1v) is 7.69. The summed E-state index contributed by atoms with van der Waals surface area (Å²) < 4.78 is 5.35. The minimum atomic E-state index is 0. The van der Waals surface area contributed by atoms with E-state index in [1.165, 1.54) is 5.56 Å². The maximum Gasteiger partial charge on any atom is 0.166 e. The molecule has 21 heavy (non-hydrogen) atoms. The molecule has 1 aliphatic rings. The standard InChI is InChI=1S/C14H19N3OS.2ClH/c1-11-2-3-12-13(10-11)16-14(15-12)19-9-6-17-4-7-18-8-5-17;;/h2-3,10H,4-9H2,1H3,(H,15,16);2*1H. The first-order chi connectivity index (χ1) is 9.31. The fourth-order valence-corrected chi connectivity index (χ4v) is 3.15. The molecule has 1 saturated heterocycles. The number of fused-ring (bicyclic) bond motifs is 1. The van der Waals surface area contributed by atoms with E-state index >= 15 is 0 Å². The van der Waals surface area contributed by atoms with Crippen molar-refractivity contribution in [2.24, 2.45) is 0 Å². The lowest BCUT2D eigenvalue weighted by atomic mass is 10.2. The number of benzene rings is 1. The molecule has 0 saturated carbocycles. The van der Waals surface area contributed by atoms with Crippen LogP contribution in [0.4, 0.5) is 0 Å². The Kier molecular flexibility index (Phi) is 7.84. The van der Waals surface area contributed by atoms with Crippen molar-refractivity contribution in [3.63, 3.8) is 0 Å². The molecule has 118 valence electrons. The average Bonchev–Trinajstić information content (AvgIpc) is 2.82. The van der Waals surface area contributed by atoms with Crippen LogP contribution in [0.5, 0.6) is 0 Å². The summed E-state index contributed by atoms with van der Waals surface area (Å²) in [4.78, 5) is 10.4. The van der Waals surface area contributed by atoms with Crippen LogP contribution in [0.15, 0.2) is 23.4 Å². The van der Waals surface area contributed by atoms with Crippen molar-refractivity contribution in [1.82, 2.24) is 14.9 Å². The van der Waals surface area contributed by atoms with Gasteiger partial charge in [0.15, 0.2) is 5.16 Å². The van der Waals surface area contributed by atoms with Crippen molar-refractivity contribution < 1.29 is 4.74 Å². The number of aromatic amines is 1. The minimum Gasteiger partial charge on any atom is -0.379 e. The van der Waals surface area contributed by atoms with Gasteiger partial charge >= 0.3 is 0 Å². The molecule has 0 spiro atoms.